The molecule has 3 rings (SSSR count). The van der Waals surface area contributed by atoms with Crippen molar-refractivity contribution in [3.8, 4) is 0 Å². The van der Waals surface area contributed by atoms with Crippen molar-refractivity contribution in [3.05, 3.63) is 76.4 Å². The summed E-state index contributed by atoms with van der Waals surface area (Å²) in [5.74, 6) is -1.14. The molecule has 3 N–H and O–H groups in total. The first-order valence-electron chi connectivity index (χ1n) is 8.87. The Morgan fingerprint density at radius 2 is 1.56 bits per heavy atom. The van der Waals surface area contributed by atoms with Gasteiger partial charge in [-0.1, -0.05) is 59.7 Å². The van der Waals surface area contributed by atoms with E-state index in [1.54, 1.807) is 36.4 Å². The highest BCUT2D eigenvalue weighted by Gasteiger charge is 2.51. The number of carbonyl (C=O) groups excluding carboxylic acids is 2. The lowest BCUT2D eigenvalue weighted by Crippen LogP contribution is -2.45. The first-order valence-corrected chi connectivity index (χ1v) is 8.87. The van der Waals surface area contributed by atoms with E-state index in [0.29, 0.717) is 11.1 Å². The van der Waals surface area contributed by atoms with E-state index in [4.69, 9.17) is 0 Å². The van der Waals surface area contributed by atoms with Crippen LogP contribution in [-0.2, 0) is 4.79 Å². The number of aliphatic hydroxyl groups is 2. The first kappa shape index (κ1) is 19.0. The van der Waals surface area contributed by atoms with Gasteiger partial charge in [0.1, 0.15) is 0 Å². The van der Waals surface area contributed by atoms with E-state index in [0.717, 1.165) is 11.1 Å². The van der Waals surface area contributed by atoms with Gasteiger partial charge in [-0.15, -0.1) is 0 Å². The van der Waals surface area contributed by atoms with E-state index in [1.165, 1.54) is 6.92 Å². The number of Topliss-reactive ketones (excluding diaryl/α,β-unsaturated/α-hetero) is 1. The molecule has 5 nitrogen and oxygen atoms in total. The summed E-state index contributed by atoms with van der Waals surface area (Å²) >= 11 is 0. The topological polar surface area (TPSA) is 86.6 Å². The fourth-order valence-electron chi connectivity index (χ4n) is 3.31. The number of carbonyl (C=O) groups is 2. The van der Waals surface area contributed by atoms with Crippen molar-refractivity contribution in [2.45, 2.75) is 38.9 Å². The van der Waals surface area contributed by atoms with Crippen molar-refractivity contribution in [2.75, 3.05) is 0 Å². The van der Waals surface area contributed by atoms with Gasteiger partial charge >= 0.3 is 0 Å². The lowest BCUT2D eigenvalue weighted by atomic mass is 9.83. The van der Waals surface area contributed by atoms with Gasteiger partial charge in [-0.2, -0.15) is 0 Å². The van der Waals surface area contributed by atoms with Crippen LogP contribution in [0.3, 0.4) is 0 Å². The Morgan fingerprint density at radius 1 is 1.04 bits per heavy atom. The van der Waals surface area contributed by atoms with Crippen molar-refractivity contribution in [2.24, 2.45) is 0 Å². The normalized spacial score (nSPS) is 20.6. The van der Waals surface area contributed by atoms with Gasteiger partial charge in [-0.25, -0.2) is 0 Å². The van der Waals surface area contributed by atoms with Gasteiger partial charge in [0.25, 0.3) is 5.91 Å². The van der Waals surface area contributed by atoms with Gasteiger partial charge in [-0.05, 0) is 26.3 Å². The lowest BCUT2D eigenvalue weighted by molar-refractivity contribution is -0.135. The summed E-state index contributed by atoms with van der Waals surface area (Å²) in [6.07, 6.45) is -1.22. The number of benzene rings is 2. The summed E-state index contributed by atoms with van der Waals surface area (Å²) in [4.78, 5) is 25.9. The molecule has 2 atom stereocenters. The molecule has 0 fully saturated rings. The van der Waals surface area contributed by atoms with E-state index in [9.17, 15) is 19.8 Å². The molecule has 0 bridgehead atoms. The molecule has 1 aliphatic rings. The average molecular weight is 365 g/mol. The Labute approximate surface area is 158 Å². The molecule has 1 aliphatic heterocycles. The van der Waals surface area contributed by atoms with Crippen LogP contribution >= 0.6 is 0 Å². The minimum atomic E-state index is -2.09. The summed E-state index contributed by atoms with van der Waals surface area (Å²) in [5.41, 5.74) is 1.21. The molecule has 140 valence electrons. The number of rotatable bonds is 5. The number of amides is 1. The monoisotopic (exact) mass is 365 g/mol. The molecule has 2 aromatic rings. The SMILES string of the molecule is Cc1ccc(C(=O)C2=C(c3ccc(C)cc3)NC(=O)C2(O)CC(C)O)cc1. The molecule has 0 saturated heterocycles. The summed E-state index contributed by atoms with van der Waals surface area (Å²) in [5, 5.41) is 23.6. The molecule has 1 amide bonds. The molecule has 1 heterocycles. The van der Waals surface area contributed by atoms with E-state index in [2.05, 4.69) is 5.32 Å². The molecule has 2 aromatic carbocycles. The molecule has 5 heteroatoms. The maximum Gasteiger partial charge on any atom is 0.261 e. The molecule has 27 heavy (non-hydrogen) atoms. The molecule has 0 saturated carbocycles. The van der Waals surface area contributed by atoms with Gasteiger partial charge in [0, 0.05) is 12.0 Å². The molecule has 2 unspecified atom stereocenters. The van der Waals surface area contributed by atoms with Crippen molar-refractivity contribution in [3.63, 3.8) is 0 Å². The molecular weight excluding hydrogens is 342 g/mol. The van der Waals surface area contributed by atoms with Crippen LogP contribution in [0, 0.1) is 13.8 Å². The second-order valence-corrected chi connectivity index (χ2v) is 7.18. The van der Waals surface area contributed by atoms with E-state index in [1.807, 2.05) is 26.0 Å². The highest BCUT2D eigenvalue weighted by Crippen LogP contribution is 2.37. The number of hydrogen-bond acceptors (Lipinski definition) is 4. The van der Waals surface area contributed by atoms with Crippen molar-refractivity contribution < 1.29 is 19.8 Å². The molecule has 0 spiro atoms. The molecule has 0 aliphatic carbocycles. The predicted octanol–water partition coefficient (Wildman–Crippen LogP) is 2.53. The average Bonchev–Trinajstić information content (AvgIpc) is 2.86. The van der Waals surface area contributed by atoms with E-state index >= 15 is 0 Å². The van der Waals surface area contributed by atoms with Crippen molar-refractivity contribution in [1.82, 2.24) is 5.32 Å². The minimum Gasteiger partial charge on any atom is -0.393 e. The summed E-state index contributed by atoms with van der Waals surface area (Å²) in [6.45, 7) is 5.33. The predicted molar refractivity (Wildman–Crippen MR) is 103 cm³/mol. The number of nitrogens with one attached hydrogen (secondary N) is 1. The van der Waals surface area contributed by atoms with E-state index < -0.39 is 23.4 Å². The number of hydrogen-bond donors (Lipinski definition) is 3. The number of ketones is 1. The molecule has 0 aromatic heterocycles. The summed E-state index contributed by atoms with van der Waals surface area (Å²) in [6, 6.07) is 14.3. The Morgan fingerprint density at radius 3 is 2.07 bits per heavy atom. The Kier molecular flexibility index (Phi) is 5.00. The Bertz CT molecular complexity index is 910. The van der Waals surface area contributed by atoms with Gasteiger partial charge < -0.3 is 15.5 Å². The maximum atomic E-state index is 13.3. The molecular formula is C22H23NO4. The van der Waals surface area contributed by atoms with Crippen LogP contribution in [-0.4, -0.2) is 33.6 Å². The maximum absolute atomic E-state index is 13.3. The molecule has 0 radical (unpaired) electrons. The quantitative estimate of drug-likeness (QED) is 0.711. The standard InChI is InChI=1S/C22H23NO4/c1-13-4-8-16(9-5-13)19-18(20(25)17-10-6-14(2)7-11-17)22(27,12-15(3)24)21(26)23-19/h4-11,15,24,27H,12H2,1-3H3,(H,23,26). The van der Waals surface area contributed by atoms with Gasteiger partial charge in [-0.3, -0.25) is 9.59 Å². The van der Waals surface area contributed by atoms with Gasteiger partial charge in [0.05, 0.1) is 17.4 Å². The fraction of sp³-hybridized carbons (Fsp3) is 0.273. The van der Waals surface area contributed by atoms with Crippen LogP contribution < -0.4 is 5.32 Å². The first-order chi connectivity index (χ1) is 12.7. The van der Waals surface area contributed by atoms with Crippen LogP contribution in [0.15, 0.2) is 54.1 Å². The van der Waals surface area contributed by atoms with E-state index in [-0.39, 0.29) is 17.7 Å². The van der Waals surface area contributed by atoms with Crippen LogP contribution in [0.1, 0.15) is 40.4 Å². The smallest absolute Gasteiger partial charge is 0.261 e. The van der Waals surface area contributed by atoms with Gasteiger partial charge in [0.15, 0.2) is 11.4 Å². The number of aliphatic hydroxyl groups excluding tert-OH is 1. The highest BCUT2D eigenvalue weighted by atomic mass is 16.3. The fourth-order valence-corrected chi connectivity index (χ4v) is 3.31. The van der Waals surface area contributed by atoms with Crippen LogP contribution in [0.5, 0.6) is 0 Å². The largest absolute Gasteiger partial charge is 0.393 e. The minimum absolute atomic E-state index is 0.0268. The number of aryl methyl sites for hydroxylation is 2. The van der Waals surface area contributed by atoms with Crippen LogP contribution in [0.4, 0.5) is 0 Å². The zero-order valence-corrected chi connectivity index (χ0v) is 15.6. The third-order valence-electron chi connectivity index (χ3n) is 4.75. The van der Waals surface area contributed by atoms with Crippen molar-refractivity contribution >= 4 is 17.4 Å². The van der Waals surface area contributed by atoms with Gasteiger partial charge in [0.2, 0.25) is 0 Å². The second-order valence-electron chi connectivity index (χ2n) is 7.18. The zero-order valence-electron chi connectivity index (χ0n) is 15.6. The lowest BCUT2D eigenvalue weighted by Gasteiger charge is -2.24. The van der Waals surface area contributed by atoms with Crippen molar-refractivity contribution in [1.29, 1.82) is 0 Å². The third-order valence-corrected chi connectivity index (χ3v) is 4.75. The third kappa shape index (κ3) is 3.56. The summed E-state index contributed by atoms with van der Waals surface area (Å²) < 4.78 is 0. The zero-order chi connectivity index (χ0) is 19.8. The Hall–Kier alpha value is -2.76. The highest BCUT2D eigenvalue weighted by molar-refractivity contribution is 6.22. The Balaban J connectivity index is 2.18. The van der Waals surface area contributed by atoms with Crippen LogP contribution in [0.25, 0.3) is 5.70 Å². The van der Waals surface area contributed by atoms with Crippen LogP contribution in [0.2, 0.25) is 0 Å². The second kappa shape index (κ2) is 7.10. The summed E-state index contributed by atoms with van der Waals surface area (Å²) in [7, 11) is 0.